The van der Waals surface area contributed by atoms with Gasteiger partial charge in [0.25, 0.3) is 0 Å². The van der Waals surface area contributed by atoms with Gasteiger partial charge in [-0.15, -0.1) is 0 Å². The lowest BCUT2D eigenvalue weighted by atomic mass is 10.1. The maximum Gasteiger partial charge on any atom is 0.170 e. The van der Waals surface area contributed by atoms with Gasteiger partial charge in [0.05, 0.1) is 22.4 Å². The van der Waals surface area contributed by atoms with Crippen LogP contribution in [0.25, 0.3) is 0 Å². The van der Waals surface area contributed by atoms with Gasteiger partial charge in [-0.3, -0.25) is 4.68 Å². The lowest BCUT2D eigenvalue weighted by molar-refractivity contribution is 0.318. The predicted octanol–water partition coefficient (Wildman–Crippen LogP) is 2.54. The number of rotatable bonds is 3. The smallest absolute Gasteiger partial charge is 0.170 e. The Morgan fingerprint density at radius 1 is 1.50 bits per heavy atom. The van der Waals surface area contributed by atoms with Crippen molar-refractivity contribution < 1.29 is 9.60 Å². The molecule has 0 spiro atoms. The lowest BCUT2D eigenvalue weighted by Crippen LogP contribution is -2.18. The van der Waals surface area contributed by atoms with Gasteiger partial charge in [-0.05, 0) is 47.5 Å². The van der Waals surface area contributed by atoms with E-state index in [1.54, 1.807) is 10.7 Å². The summed E-state index contributed by atoms with van der Waals surface area (Å²) in [6, 6.07) is 4.18. The summed E-state index contributed by atoms with van der Waals surface area (Å²) >= 11 is 3.45. The first kappa shape index (κ1) is 14.5. The van der Waals surface area contributed by atoms with Crippen molar-refractivity contribution in [3.8, 4) is 0 Å². The van der Waals surface area contributed by atoms with Crippen molar-refractivity contribution in [3.05, 3.63) is 51.0 Å². The number of nitrogens with zero attached hydrogens (tertiary/aromatic N) is 3. The molecule has 0 bridgehead atoms. The zero-order chi connectivity index (χ0) is 14.9. The van der Waals surface area contributed by atoms with Crippen LogP contribution in [0.3, 0.4) is 0 Å². The Bertz CT molecular complexity index is 681. The van der Waals surface area contributed by atoms with Crippen LogP contribution in [0.4, 0.5) is 4.39 Å². The van der Waals surface area contributed by atoms with Crippen LogP contribution >= 0.6 is 15.9 Å². The molecule has 7 heteroatoms. The molecule has 0 fully saturated rings. The second-order valence-corrected chi connectivity index (χ2v) is 5.22. The molecule has 1 aromatic heterocycles. The number of hydrogen-bond donors (Lipinski definition) is 2. The third-order valence-corrected chi connectivity index (χ3v) is 4.22. The first-order valence-electron chi connectivity index (χ1n) is 5.90. The number of aryl methyl sites for hydroxylation is 1. The molecule has 1 heterocycles. The van der Waals surface area contributed by atoms with Crippen LogP contribution in [0.15, 0.2) is 27.8 Å². The second-order valence-electron chi connectivity index (χ2n) is 4.43. The van der Waals surface area contributed by atoms with E-state index in [0.29, 0.717) is 12.1 Å². The summed E-state index contributed by atoms with van der Waals surface area (Å²) in [7, 11) is 0. The van der Waals surface area contributed by atoms with E-state index in [2.05, 4.69) is 26.2 Å². The van der Waals surface area contributed by atoms with Crippen LogP contribution < -0.4 is 5.73 Å². The van der Waals surface area contributed by atoms with E-state index < -0.39 is 5.82 Å². The Morgan fingerprint density at radius 3 is 2.75 bits per heavy atom. The molecule has 0 amide bonds. The van der Waals surface area contributed by atoms with Crippen molar-refractivity contribution in [1.82, 2.24) is 9.78 Å². The van der Waals surface area contributed by atoms with Gasteiger partial charge >= 0.3 is 0 Å². The van der Waals surface area contributed by atoms with Crippen LogP contribution in [0.2, 0.25) is 0 Å². The van der Waals surface area contributed by atoms with Crippen molar-refractivity contribution in [3.63, 3.8) is 0 Å². The van der Waals surface area contributed by atoms with E-state index in [0.717, 1.165) is 21.4 Å². The zero-order valence-electron chi connectivity index (χ0n) is 11.1. The van der Waals surface area contributed by atoms with E-state index in [1.807, 2.05) is 13.8 Å². The van der Waals surface area contributed by atoms with E-state index in [-0.39, 0.29) is 5.84 Å². The molecule has 1 aromatic carbocycles. The summed E-state index contributed by atoms with van der Waals surface area (Å²) in [5.74, 6) is -0.565. The number of benzene rings is 1. The third kappa shape index (κ3) is 2.67. The van der Waals surface area contributed by atoms with Crippen LogP contribution in [0.5, 0.6) is 0 Å². The van der Waals surface area contributed by atoms with E-state index >= 15 is 0 Å². The van der Waals surface area contributed by atoms with Gasteiger partial charge in [-0.2, -0.15) is 5.10 Å². The Hall–Kier alpha value is -1.89. The molecule has 20 heavy (non-hydrogen) atoms. The number of hydrogen-bond acceptors (Lipinski definition) is 3. The SMILES string of the molecule is Cc1nn(Cc2ccc(F)cc2C(N)=NO)c(C)c1Br. The molecule has 0 aliphatic heterocycles. The highest BCUT2D eigenvalue weighted by atomic mass is 79.9. The molecular formula is C13H14BrFN4O. The Balaban J connectivity index is 2.46. The third-order valence-electron chi connectivity index (χ3n) is 3.07. The van der Waals surface area contributed by atoms with E-state index in [9.17, 15) is 4.39 Å². The van der Waals surface area contributed by atoms with E-state index in [4.69, 9.17) is 10.9 Å². The molecule has 0 saturated carbocycles. The zero-order valence-corrected chi connectivity index (χ0v) is 12.6. The van der Waals surface area contributed by atoms with Crippen LogP contribution in [0.1, 0.15) is 22.5 Å². The molecule has 2 aromatic rings. The fraction of sp³-hybridized carbons (Fsp3) is 0.231. The highest BCUT2D eigenvalue weighted by Gasteiger charge is 2.13. The van der Waals surface area contributed by atoms with Gasteiger partial charge in [0.2, 0.25) is 0 Å². The minimum Gasteiger partial charge on any atom is -0.409 e. The standard InChI is InChI=1S/C13H14BrFN4O/c1-7-12(14)8(2)19(17-7)6-9-3-4-10(15)5-11(9)13(16)18-20/h3-5,20H,6H2,1-2H3,(H2,16,18). The van der Waals surface area contributed by atoms with Crippen molar-refractivity contribution in [2.24, 2.45) is 10.9 Å². The molecule has 0 aliphatic carbocycles. The Labute approximate surface area is 124 Å². The normalized spacial score (nSPS) is 11.9. The molecule has 0 saturated heterocycles. The summed E-state index contributed by atoms with van der Waals surface area (Å²) in [5, 5.41) is 16.1. The molecule has 0 unspecified atom stereocenters. The maximum atomic E-state index is 13.3. The number of oxime groups is 1. The molecule has 5 nitrogen and oxygen atoms in total. The number of aromatic nitrogens is 2. The first-order valence-corrected chi connectivity index (χ1v) is 6.69. The van der Waals surface area contributed by atoms with Gasteiger partial charge in [-0.25, -0.2) is 4.39 Å². The lowest BCUT2D eigenvalue weighted by Gasteiger charge is -2.10. The highest BCUT2D eigenvalue weighted by Crippen LogP contribution is 2.21. The monoisotopic (exact) mass is 340 g/mol. The van der Waals surface area contributed by atoms with Gasteiger partial charge < -0.3 is 10.9 Å². The molecule has 3 N–H and O–H groups in total. The summed E-state index contributed by atoms with van der Waals surface area (Å²) in [5.41, 5.74) is 8.49. The fourth-order valence-electron chi connectivity index (χ4n) is 1.97. The summed E-state index contributed by atoms with van der Waals surface area (Å²) in [6.07, 6.45) is 0. The van der Waals surface area contributed by atoms with Gasteiger partial charge in [-0.1, -0.05) is 11.2 Å². The van der Waals surface area contributed by atoms with Crippen molar-refractivity contribution in [2.75, 3.05) is 0 Å². The number of halogens is 2. The summed E-state index contributed by atoms with van der Waals surface area (Å²) < 4.78 is 16.0. The van der Waals surface area contributed by atoms with Gasteiger partial charge in [0.1, 0.15) is 5.82 Å². The largest absolute Gasteiger partial charge is 0.409 e. The average molecular weight is 341 g/mol. The minimum absolute atomic E-state index is 0.125. The Morgan fingerprint density at radius 2 is 2.20 bits per heavy atom. The highest BCUT2D eigenvalue weighted by molar-refractivity contribution is 9.10. The van der Waals surface area contributed by atoms with E-state index in [1.165, 1.54) is 12.1 Å². The van der Waals surface area contributed by atoms with Crippen molar-refractivity contribution in [2.45, 2.75) is 20.4 Å². The van der Waals surface area contributed by atoms with Crippen LogP contribution in [-0.4, -0.2) is 20.8 Å². The van der Waals surface area contributed by atoms with Gasteiger partial charge in [0, 0.05) is 5.56 Å². The molecule has 0 atom stereocenters. The molecule has 2 rings (SSSR count). The second kappa shape index (κ2) is 5.62. The average Bonchev–Trinajstić information content (AvgIpc) is 2.67. The van der Waals surface area contributed by atoms with Crippen LogP contribution in [0, 0.1) is 19.7 Å². The first-order chi connectivity index (χ1) is 9.43. The fourth-order valence-corrected chi connectivity index (χ4v) is 2.25. The summed E-state index contributed by atoms with van der Waals surface area (Å²) in [4.78, 5) is 0. The Kier molecular flexibility index (Phi) is 4.08. The number of amidine groups is 1. The molecule has 0 radical (unpaired) electrons. The minimum atomic E-state index is -0.440. The molecule has 106 valence electrons. The molecular weight excluding hydrogens is 327 g/mol. The number of nitrogens with two attached hydrogens (primary N) is 1. The van der Waals surface area contributed by atoms with Crippen LogP contribution in [-0.2, 0) is 6.54 Å². The van der Waals surface area contributed by atoms with Gasteiger partial charge in [0.15, 0.2) is 5.84 Å². The predicted molar refractivity (Wildman–Crippen MR) is 77.4 cm³/mol. The van der Waals surface area contributed by atoms with Crippen molar-refractivity contribution in [1.29, 1.82) is 0 Å². The maximum absolute atomic E-state index is 13.3. The molecule has 0 aliphatic rings. The topological polar surface area (TPSA) is 76.4 Å². The summed E-state index contributed by atoms with van der Waals surface area (Å²) in [6.45, 7) is 4.23. The van der Waals surface area contributed by atoms with Crippen molar-refractivity contribution >= 4 is 21.8 Å². The quantitative estimate of drug-likeness (QED) is 0.390.